The molecule has 3 heterocycles. The molecule has 1 saturated heterocycles. The predicted octanol–water partition coefficient (Wildman–Crippen LogP) is 4.61. The molecular formula is C20H21N3O2S2. The summed E-state index contributed by atoms with van der Waals surface area (Å²) in [7, 11) is 0. The van der Waals surface area contributed by atoms with Crippen molar-refractivity contribution in [2.45, 2.75) is 24.2 Å². The number of amides is 1. The lowest BCUT2D eigenvalue weighted by molar-refractivity contribution is 0.0664. The summed E-state index contributed by atoms with van der Waals surface area (Å²) in [5, 5.41) is 8.10. The van der Waals surface area contributed by atoms with Gasteiger partial charge < -0.3 is 9.42 Å². The topological polar surface area (TPSA) is 59.2 Å². The van der Waals surface area contributed by atoms with E-state index in [4.69, 9.17) is 4.52 Å². The summed E-state index contributed by atoms with van der Waals surface area (Å²) in [5.41, 5.74) is 1.78. The van der Waals surface area contributed by atoms with Crippen LogP contribution in [0.5, 0.6) is 0 Å². The van der Waals surface area contributed by atoms with E-state index in [1.807, 2.05) is 52.2 Å². The van der Waals surface area contributed by atoms with E-state index in [1.54, 1.807) is 23.1 Å². The number of aromatic nitrogens is 2. The van der Waals surface area contributed by atoms with Crippen molar-refractivity contribution in [1.29, 1.82) is 0 Å². The van der Waals surface area contributed by atoms with Crippen LogP contribution in [0.2, 0.25) is 0 Å². The van der Waals surface area contributed by atoms with Crippen molar-refractivity contribution in [1.82, 2.24) is 15.0 Å². The molecule has 0 radical (unpaired) electrons. The van der Waals surface area contributed by atoms with Gasteiger partial charge in [0.2, 0.25) is 11.7 Å². The Kier molecular flexibility index (Phi) is 5.59. The van der Waals surface area contributed by atoms with Crippen LogP contribution in [0, 0.1) is 5.92 Å². The number of rotatable bonds is 5. The SMILES string of the molecule is CSc1ccccc1C(=O)N1CCCC(Cc2nc(-c3ccsc3)no2)C1. The third-order valence-corrected chi connectivity index (χ3v) is 6.33. The lowest BCUT2D eigenvalue weighted by atomic mass is 9.94. The molecule has 0 bridgehead atoms. The largest absolute Gasteiger partial charge is 0.339 e. The summed E-state index contributed by atoms with van der Waals surface area (Å²) in [4.78, 5) is 20.5. The fourth-order valence-electron chi connectivity index (χ4n) is 3.50. The third kappa shape index (κ3) is 4.09. The number of nitrogens with zero attached hydrogens (tertiary/aromatic N) is 3. The lowest BCUT2D eigenvalue weighted by Crippen LogP contribution is -2.40. The highest BCUT2D eigenvalue weighted by Gasteiger charge is 2.27. The van der Waals surface area contributed by atoms with E-state index in [0.29, 0.717) is 24.1 Å². The highest BCUT2D eigenvalue weighted by atomic mass is 32.2. The van der Waals surface area contributed by atoms with E-state index in [1.165, 1.54) is 0 Å². The van der Waals surface area contributed by atoms with Crippen LogP contribution in [0.1, 0.15) is 29.1 Å². The van der Waals surface area contributed by atoms with Gasteiger partial charge in [-0.25, -0.2) is 0 Å². The zero-order valence-corrected chi connectivity index (χ0v) is 16.8. The van der Waals surface area contributed by atoms with Crippen molar-refractivity contribution < 1.29 is 9.32 Å². The van der Waals surface area contributed by atoms with E-state index >= 15 is 0 Å². The molecule has 1 aliphatic heterocycles. The Hall–Kier alpha value is -2.12. The van der Waals surface area contributed by atoms with Gasteiger partial charge in [-0.05, 0) is 48.6 Å². The molecule has 1 fully saturated rings. The first-order chi connectivity index (χ1) is 13.2. The van der Waals surface area contributed by atoms with Gasteiger partial charge in [0.05, 0.1) is 5.56 Å². The van der Waals surface area contributed by atoms with Crippen molar-refractivity contribution >= 4 is 29.0 Å². The van der Waals surface area contributed by atoms with Crippen molar-refractivity contribution in [2.24, 2.45) is 5.92 Å². The lowest BCUT2D eigenvalue weighted by Gasteiger charge is -2.32. The zero-order valence-electron chi connectivity index (χ0n) is 15.1. The molecule has 2 aromatic heterocycles. The Morgan fingerprint density at radius 1 is 1.37 bits per heavy atom. The van der Waals surface area contributed by atoms with Gasteiger partial charge in [-0.15, -0.1) is 11.8 Å². The second kappa shape index (κ2) is 8.27. The van der Waals surface area contributed by atoms with Crippen LogP contribution in [-0.4, -0.2) is 40.3 Å². The summed E-state index contributed by atoms with van der Waals surface area (Å²) < 4.78 is 5.44. The number of piperidine rings is 1. The summed E-state index contributed by atoms with van der Waals surface area (Å²) in [6, 6.07) is 9.82. The summed E-state index contributed by atoms with van der Waals surface area (Å²) in [6.07, 6.45) is 4.80. The fraction of sp³-hybridized carbons (Fsp3) is 0.350. The molecule has 7 heteroatoms. The number of thiophene rings is 1. The fourth-order valence-corrected chi connectivity index (χ4v) is 4.73. The van der Waals surface area contributed by atoms with Crippen LogP contribution in [0.25, 0.3) is 11.4 Å². The van der Waals surface area contributed by atoms with E-state index < -0.39 is 0 Å². The molecule has 27 heavy (non-hydrogen) atoms. The minimum atomic E-state index is 0.120. The molecule has 5 nitrogen and oxygen atoms in total. The van der Waals surface area contributed by atoms with Gasteiger partial charge >= 0.3 is 0 Å². The quantitative estimate of drug-likeness (QED) is 0.586. The highest BCUT2D eigenvalue weighted by molar-refractivity contribution is 7.98. The monoisotopic (exact) mass is 399 g/mol. The molecule has 4 rings (SSSR count). The molecule has 0 saturated carbocycles. The number of carbonyl (C=O) groups excluding carboxylic acids is 1. The molecule has 140 valence electrons. The van der Waals surface area contributed by atoms with Crippen molar-refractivity contribution in [2.75, 3.05) is 19.3 Å². The second-order valence-corrected chi connectivity index (χ2v) is 8.32. The first-order valence-electron chi connectivity index (χ1n) is 9.02. The molecular weight excluding hydrogens is 378 g/mol. The minimum absolute atomic E-state index is 0.120. The van der Waals surface area contributed by atoms with E-state index in [2.05, 4.69) is 10.1 Å². The molecule has 0 N–H and O–H groups in total. The first-order valence-corrected chi connectivity index (χ1v) is 11.2. The predicted molar refractivity (Wildman–Crippen MR) is 108 cm³/mol. The maximum atomic E-state index is 13.0. The number of thioether (sulfide) groups is 1. The van der Waals surface area contributed by atoms with E-state index in [0.717, 1.165) is 42.0 Å². The van der Waals surface area contributed by atoms with Crippen molar-refractivity contribution in [3.05, 3.63) is 52.5 Å². The van der Waals surface area contributed by atoms with Crippen LogP contribution in [0.4, 0.5) is 0 Å². The van der Waals surface area contributed by atoms with Crippen molar-refractivity contribution in [3.8, 4) is 11.4 Å². The number of benzene rings is 1. The van der Waals surface area contributed by atoms with Crippen LogP contribution < -0.4 is 0 Å². The van der Waals surface area contributed by atoms with Crippen LogP contribution in [0.15, 0.2) is 50.5 Å². The number of carbonyl (C=O) groups is 1. The first kappa shape index (κ1) is 18.3. The highest BCUT2D eigenvalue weighted by Crippen LogP contribution is 2.26. The minimum Gasteiger partial charge on any atom is -0.339 e. The molecule has 3 aromatic rings. The molecule has 1 atom stereocenters. The normalized spacial score (nSPS) is 17.2. The molecule has 1 amide bonds. The summed E-state index contributed by atoms with van der Waals surface area (Å²) >= 11 is 3.23. The van der Waals surface area contributed by atoms with Crippen LogP contribution >= 0.6 is 23.1 Å². The Labute approximate surface area is 166 Å². The molecule has 1 aliphatic rings. The van der Waals surface area contributed by atoms with Crippen LogP contribution in [-0.2, 0) is 6.42 Å². The van der Waals surface area contributed by atoms with Crippen molar-refractivity contribution in [3.63, 3.8) is 0 Å². The average molecular weight is 400 g/mol. The second-order valence-electron chi connectivity index (χ2n) is 6.69. The molecule has 1 unspecified atom stereocenters. The van der Waals surface area contributed by atoms with Gasteiger partial charge in [-0.1, -0.05) is 17.3 Å². The standard InChI is InChI=1S/C20H21N3O2S2/c1-26-17-7-3-2-6-16(17)20(24)23-9-4-5-14(12-23)11-18-21-19(22-25-18)15-8-10-27-13-15/h2-3,6-8,10,13-14H,4-5,9,11-12H2,1H3. The average Bonchev–Trinajstić information content (AvgIpc) is 3.39. The van der Waals surface area contributed by atoms with E-state index in [9.17, 15) is 4.79 Å². The third-order valence-electron chi connectivity index (χ3n) is 4.85. The van der Waals surface area contributed by atoms with Gasteiger partial charge in [0.25, 0.3) is 5.91 Å². The smallest absolute Gasteiger partial charge is 0.254 e. The van der Waals surface area contributed by atoms with Gasteiger partial charge in [0.1, 0.15) is 0 Å². The Bertz CT molecular complexity index is 908. The Morgan fingerprint density at radius 2 is 2.26 bits per heavy atom. The summed E-state index contributed by atoms with van der Waals surface area (Å²) in [6.45, 7) is 1.54. The van der Waals surface area contributed by atoms with E-state index in [-0.39, 0.29) is 5.91 Å². The van der Waals surface area contributed by atoms with Gasteiger partial charge in [0.15, 0.2) is 0 Å². The number of hydrogen-bond donors (Lipinski definition) is 0. The van der Waals surface area contributed by atoms with Gasteiger partial charge in [0, 0.05) is 35.3 Å². The molecule has 1 aromatic carbocycles. The number of hydrogen-bond acceptors (Lipinski definition) is 6. The zero-order chi connectivity index (χ0) is 18.6. The van der Waals surface area contributed by atoms with Crippen LogP contribution in [0.3, 0.4) is 0 Å². The number of likely N-dealkylation sites (tertiary alicyclic amines) is 1. The Balaban J connectivity index is 1.43. The maximum absolute atomic E-state index is 13.0. The van der Waals surface area contributed by atoms with Gasteiger partial charge in [-0.3, -0.25) is 4.79 Å². The maximum Gasteiger partial charge on any atom is 0.254 e. The molecule has 0 aliphatic carbocycles. The Morgan fingerprint density at radius 3 is 3.07 bits per heavy atom. The molecule has 0 spiro atoms. The summed E-state index contributed by atoms with van der Waals surface area (Å²) in [5.74, 6) is 1.76. The van der Waals surface area contributed by atoms with Gasteiger partial charge in [-0.2, -0.15) is 16.3 Å².